The standard InChI is InChI=1S/C15H23N3/c16-15(13-4-2-1-3-5-13)12-17-8-10-18(11-9-17)14-6-7-14/h1-5,14-15H,6-12,16H2. The third kappa shape index (κ3) is 2.91. The Labute approximate surface area is 110 Å². The van der Waals surface area contributed by atoms with Gasteiger partial charge in [-0.3, -0.25) is 9.80 Å². The van der Waals surface area contributed by atoms with Gasteiger partial charge in [-0.05, 0) is 18.4 Å². The highest BCUT2D eigenvalue weighted by Gasteiger charge is 2.31. The van der Waals surface area contributed by atoms with Crippen LogP contribution < -0.4 is 5.73 Å². The minimum atomic E-state index is 0.152. The number of piperazine rings is 1. The van der Waals surface area contributed by atoms with Crippen LogP contribution in [0.3, 0.4) is 0 Å². The zero-order valence-corrected chi connectivity index (χ0v) is 11.0. The largest absolute Gasteiger partial charge is 0.323 e. The summed E-state index contributed by atoms with van der Waals surface area (Å²) in [5, 5.41) is 0. The fraction of sp³-hybridized carbons (Fsp3) is 0.600. The fourth-order valence-electron chi connectivity index (χ4n) is 2.83. The third-order valence-corrected chi connectivity index (χ3v) is 4.15. The molecule has 1 aliphatic heterocycles. The number of rotatable bonds is 4. The van der Waals surface area contributed by atoms with Crippen LogP contribution >= 0.6 is 0 Å². The maximum absolute atomic E-state index is 6.28. The molecule has 18 heavy (non-hydrogen) atoms. The van der Waals surface area contributed by atoms with Crippen molar-refractivity contribution in [1.29, 1.82) is 0 Å². The Hall–Kier alpha value is -0.900. The van der Waals surface area contributed by atoms with Gasteiger partial charge in [0.25, 0.3) is 0 Å². The van der Waals surface area contributed by atoms with Crippen LogP contribution in [0.1, 0.15) is 24.4 Å². The molecule has 1 atom stereocenters. The van der Waals surface area contributed by atoms with E-state index < -0.39 is 0 Å². The molecule has 3 heteroatoms. The molecule has 0 spiro atoms. The van der Waals surface area contributed by atoms with E-state index in [0.717, 1.165) is 12.6 Å². The van der Waals surface area contributed by atoms with Crippen LogP contribution in [0, 0.1) is 0 Å². The van der Waals surface area contributed by atoms with Gasteiger partial charge in [-0.2, -0.15) is 0 Å². The molecule has 3 rings (SSSR count). The van der Waals surface area contributed by atoms with Gasteiger partial charge in [-0.1, -0.05) is 30.3 Å². The summed E-state index contributed by atoms with van der Waals surface area (Å²) in [4.78, 5) is 5.15. The van der Waals surface area contributed by atoms with E-state index in [1.807, 2.05) is 6.07 Å². The predicted octanol–water partition coefficient (Wildman–Crippen LogP) is 1.47. The number of benzene rings is 1. The number of nitrogens with zero attached hydrogens (tertiary/aromatic N) is 2. The SMILES string of the molecule is NC(CN1CCN(C2CC2)CC1)c1ccccc1. The van der Waals surface area contributed by atoms with Gasteiger partial charge in [0, 0.05) is 44.8 Å². The highest BCUT2D eigenvalue weighted by molar-refractivity contribution is 5.18. The summed E-state index contributed by atoms with van der Waals surface area (Å²) in [7, 11) is 0. The van der Waals surface area contributed by atoms with Crippen LogP contribution in [-0.4, -0.2) is 48.6 Å². The summed E-state index contributed by atoms with van der Waals surface area (Å²) < 4.78 is 0. The first-order chi connectivity index (χ1) is 8.83. The monoisotopic (exact) mass is 245 g/mol. The van der Waals surface area contributed by atoms with Crippen molar-refractivity contribution in [2.24, 2.45) is 5.73 Å². The number of hydrogen-bond acceptors (Lipinski definition) is 3. The van der Waals surface area contributed by atoms with Crippen molar-refractivity contribution in [2.45, 2.75) is 24.9 Å². The molecule has 1 aliphatic carbocycles. The minimum absolute atomic E-state index is 0.152. The van der Waals surface area contributed by atoms with Crippen LogP contribution in [0.5, 0.6) is 0 Å². The molecule has 2 N–H and O–H groups in total. The molecule has 1 saturated carbocycles. The molecule has 1 heterocycles. The quantitative estimate of drug-likeness (QED) is 0.872. The third-order valence-electron chi connectivity index (χ3n) is 4.15. The summed E-state index contributed by atoms with van der Waals surface area (Å²) >= 11 is 0. The second-order valence-electron chi connectivity index (χ2n) is 5.58. The van der Waals surface area contributed by atoms with E-state index in [2.05, 4.69) is 34.1 Å². The van der Waals surface area contributed by atoms with Crippen LogP contribution in [-0.2, 0) is 0 Å². The Kier molecular flexibility index (Phi) is 3.64. The molecule has 0 aromatic heterocycles. The molecular weight excluding hydrogens is 222 g/mol. The molecule has 1 unspecified atom stereocenters. The van der Waals surface area contributed by atoms with E-state index in [4.69, 9.17) is 5.73 Å². The van der Waals surface area contributed by atoms with E-state index >= 15 is 0 Å². The van der Waals surface area contributed by atoms with Crippen molar-refractivity contribution >= 4 is 0 Å². The molecule has 2 aliphatic rings. The van der Waals surface area contributed by atoms with Crippen molar-refractivity contribution in [2.75, 3.05) is 32.7 Å². The lowest BCUT2D eigenvalue weighted by Gasteiger charge is -2.36. The summed E-state index contributed by atoms with van der Waals surface area (Å²) in [5.74, 6) is 0. The van der Waals surface area contributed by atoms with E-state index in [-0.39, 0.29) is 6.04 Å². The van der Waals surface area contributed by atoms with Crippen LogP contribution in [0.4, 0.5) is 0 Å². The zero-order chi connectivity index (χ0) is 12.4. The Morgan fingerprint density at radius 3 is 2.33 bits per heavy atom. The topological polar surface area (TPSA) is 32.5 Å². The first kappa shape index (κ1) is 12.2. The van der Waals surface area contributed by atoms with E-state index in [9.17, 15) is 0 Å². The lowest BCUT2D eigenvalue weighted by molar-refractivity contribution is 0.121. The van der Waals surface area contributed by atoms with Crippen LogP contribution in [0.2, 0.25) is 0 Å². The fourth-order valence-corrected chi connectivity index (χ4v) is 2.83. The van der Waals surface area contributed by atoms with Gasteiger partial charge in [0.05, 0.1) is 0 Å². The van der Waals surface area contributed by atoms with Crippen molar-refractivity contribution < 1.29 is 0 Å². The first-order valence-corrected chi connectivity index (χ1v) is 7.10. The van der Waals surface area contributed by atoms with Gasteiger partial charge in [0.1, 0.15) is 0 Å². The Morgan fingerprint density at radius 1 is 1.06 bits per heavy atom. The first-order valence-electron chi connectivity index (χ1n) is 7.10. The smallest absolute Gasteiger partial charge is 0.0424 e. The lowest BCUT2D eigenvalue weighted by atomic mass is 10.1. The van der Waals surface area contributed by atoms with E-state index in [0.29, 0.717) is 0 Å². The maximum atomic E-state index is 6.28. The average molecular weight is 245 g/mol. The molecule has 1 saturated heterocycles. The van der Waals surface area contributed by atoms with Crippen molar-refractivity contribution in [1.82, 2.24) is 9.80 Å². The second-order valence-corrected chi connectivity index (χ2v) is 5.58. The molecular formula is C15H23N3. The molecule has 0 bridgehead atoms. The molecule has 3 nitrogen and oxygen atoms in total. The summed E-state index contributed by atoms with van der Waals surface area (Å²) in [5.41, 5.74) is 7.53. The molecule has 98 valence electrons. The van der Waals surface area contributed by atoms with E-state index in [1.54, 1.807) is 0 Å². The van der Waals surface area contributed by atoms with Gasteiger partial charge >= 0.3 is 0 Å². The van der Waals surface area contributed by atoms with Gasteiger partial charge in [0.2, 0.25) is 0 Å². The number of nitrogens with two attached hydrogens (primary N) is 1. The second kappa shape index (κ2) is 5.39. The highest BCUT2D eigenvalue weighted by Crippen LogP contribution is 2.27. The van der Waals surface area contributed by atoms with Crippen molar-refractivity contribution in [3.63, 3.8) is 0 Å². The highest BCUT2D eigenvalue weighted by atomic mass is 15.3. The normalized spacial score (nSPS) is 24.1. The summed E-state index contributed by atoms with van der Waals surface area (Å²) in [6.07, 6.45) is 2.84. The van der Waals surface area contributed by atoms with Crippen LogP contribution in [0.15, 0.2) is 30.3 Å². The Morgan fingerprint density at radius 2 is 1.72 bits per heavy atom. The van der Waals surface area contributed by atoms with E-state index in [1.165, 1.54) is 44.6 Å². The summed E-state index contributed by atoms with van der Waals surface area (Å²) in [6, 6.07) is 11.5. The molecule has 1 aromatic rings. The molecule has 0 radical (unpaired) electrons. The van der Waals surface area contributed by atoms with Crippen molar-refractivity contribution in [3.05, 3.63) is 35.9 Å². The number of hydrogen-bond donors (Lipinski definition) is 1. The minimum Gasteiger partial charge on any atom is -0.323 e. The average Bonchev–Trinajstić information content (AvgIpc) is 3.25. The predicted molar refractivity (Wildman–Crippen MR) is 74.4 cm³/mol. The lowest BCUT2D eigenvalue weighted by Crippen LogP contribution is -2.48. The van der Waals surface area contributed by atoms with Gasteiger partial charge < -0.3 is 5.73 Å². The van der Waals surface area contributed by atoms with Gasteiger partial charge in [-0.15, -0.1) is 0 Å². The Bertz CT molecular complexity index is 367. The molecule has 0 amide bonds. The maximum Gasteiger partial charge on any atom is 0.0424 e. The molecule has 1 aromatic carbocycles. The van der Waals surface area contributed by atoms with Crippen LogP contribution in [0.25, 0.3) is 0 Å². The van der Waals surface area contributed by atoms with Gasteiger partial charge in [0.15, 0.2) is 0 Å². The summed E-state index contributed by atoms with van der Waals surface area (Å²) in [6.45, 7) is 5.80. The van der Waals surface area contributed by atoms with Gasteiger partial charge in [-0.25, -0.2) is 0 Å². The Balaban J connectivity index is 1.48. The zero-order valence-electron chi connectivity index (χ0n) is 11.0. The van der Waals surface area contributed by atoms with Crippen molar-refractivity contribution in [3.8, 4) is 0 Å². The molecule has 2 fully saturated rings.